The predicted molar refractivity (Wildman–Crippen MR) is 80.5 cm³/mol. The van der Waals surface area contributed by atoms with Crippen molar-refractivity contribution in [2.24, 2.45) is 0 Å². The molecule has 1 atom stereocenters. The number of benzene rings is 1. The first kappa shape index (κ1) is 17.7. The molecule has 0 bridgehead atoms. The minimum absolute atomic E-state index is 0.00778. The number of hydrogen-bond acceptors (Lipinski definition) is 6. The van der Waals surface area contributed by atoms with Crippen LogP contribution in [-0.4, -0.2) is 31.2 Å². The number of nitro benzene ring substituents is 1. The van der Waals surface area contributed by atoms with E-state index in [9.17, 15) is 14.9 Å². The van der Waals surface area contributed by atoms with Gasteiger partial charge < -0.3 is 14.2 Å². The van der Waals surface area contributed by atoms with Crippen molar-refractivity contribution in [3.05, 3.63) is 27.8 Å². The molecule has 0 aliphatic rings. The molecule has 122 valence electrons. The van der Waals surface area contributed by atoms with E-state index in [2.05, 4.69) is 0 Å². The summed E-state index contributed by atoms with van der Waals surface area (Å²) in [5, 5.41) is 11.3. The van der Waals surface area contributed by atoms with Gasteiger partial charge in [-0.2, -0.15) is 0 Å². The molecule has 0 aliphatic carbocycles. The van der Waals surface area contributed by atoms with Gasteiger partial charge in [0.05, 0.1) is 24.7 Å². The number of carbonyl (C=O) groups excluding carboxylic acids is 1. The van der Waals surface area contributed by atoms with E-state index in [0.717, 1.165) is 6.42 Å². The second-order valence-corrected chi connectivity index (χ2v) is 4.72. The van der Waals surface area contributed by atoms with Crippen molar-refractivity contribution in [3.63, 3.8) is 0 Å². The summed E-state index contributed by atoms with van der Waals surface area (Å²) in [5.74, 6) is -0.0360. The van der Waals surface area contributed by atoms with Gasteiger partial charge in [0.2, 0.25) is 0 Å². The van der Waals surface area contributed by atoms with E-state index in [1.165, 1.54) is 13.2 Å². The van der Waals surface area contributed by atoms with Crippen LogP contribution >= 0.6 is 0 Å². The Kier molecular flexibility index (Phi) is 6.62. The molecule has 7 heteroatoms. The molecule has 0 N–H and O–H groups in total. The molecule has 0 aromatic heterocycles. The monoisotopic (exact) mass is 311 g/mol. The van der Waals surface area contributed by atoms with Gasteiger partial charge in [0, 0.05) is 5.56 Å². The Bertz CT molecular complexity index is 543. The standard InChI is InChI=1S/C15H21NO6/c1-5-10(3)11-7-13(20-4)14(8-12(11)16(18)19)22-9-15(17)21-6-2/h7-8,10H,5-6,9H2,1-4H3. The van der Waals surface area contributed by atoms with Crippen molar-refractivity contribution in [1.82, 2.24) is 0 Å². The van der Waals surface area contributed by atoms with E-state index in [1.54, 1.807) is 13.0 Å². The highest BCUT2D eigenvalue weighted by molar-refractivity contribution is 5.71. The molecule has 0 aliphatic heterocycles. The third-order valence-corrected chi connectivity index (χ3v) is 3.30. The van der Waals surface area contributed by atoms with E-state index >= 15 is 0 Å². The van der Waals surface area contributed by atoms with Gasteiger partial charge in [-0.15, -0.1) is 0 Å². The van der Waals surface area contributed by atoms with Crippen molar-refractivity contribution in [2.75, 3.05) is 20.3 Å². The fraction of sp³-hybridized carbons (Fsp3) is 0.533. The molecule has 0 saturated heterocycles. The maximum absolute atomic E-state index is 11.3. The smallest absolute Gasteiger partial charge is 0.344 e. The Hall–Kier alpha value is -2.31. The van der Waals surface area contributed by atoms with E-state index in [0.29, 0.717) is 11.3 Å². The number of ether oxygens (including phenoxy) is 3. The van der Waals surface area contributed by atoms with Crippen LogP contribution in [0.3, 0.4) is 0 Å². The summed E-state index contributed by atoms with van der Waals surface area (Å²) >= 11 is 0. The van der Waals surface area contributed by atoms with Crippen LogP contribution in [0.15, 0.2) is 12.1 Å². The number of hydrogen-bond donors (Lipinski definition) is 0. The first-order chi connectivity index (χ1) is 10.4. The lowest BCUT2D eigenvalue weighted by Crippen LogP contribution is -2.15. The molecule has 1 rings (SSSR count). The Balaban J connectivity index is 3.14. The van der Waals surface area contributed by atoms with Crippen LogP contribution in [0, 0.1) is 10.1 Å². The maximum atomic E-state index is 11.3. The molecule has 7 nitrogen and oxygen atoms in total. The average Bonchev–Trinajstić information content (AvgIpc) is 2.51. The highest BCUT2D eigenvalue weighted by atomic mass is 16.6. The number of nitro groups is 1. The normalized spacial score (nSPS) is 11.6. The van der Waals surface area contributed by atoms with Crippen LogP contribution < -0.4 is 9.47 Å². The van der Waals surface area contributed by atoms with E-state index in [-0.39, 0.29) is 30.6 Å². The summed E-state index contributed by atoms with van der Waals surface area (Å²) in [7, 11) is 1.44. The van der Waals surface area contributed by atoms with Crippen LogP contribution in [-0.2, 0) is 9.53 Å². The topological polar surface area (TPSA) is 87.9 Å². The summed E-state index contributed by atoms with van der Waals surface area (Å²) in [6.07, 6.45) is 0.757. The summed E-state index contributed by atoms with van der Waals surface area (Å²) in [6.45, 7) is 5.45. The number of methoxy groups -OCH3 is 1. The first-order valence-electron chi connectivity index (χ1n) is 7.09. The van der Waals surface area contributed by atoms with E-state index in [4.69, 9.17) is 14.2 Å². The van der Waals surface area contributed by atoms with Crippen LogP contribution in [0.5, 0.6) is 11.5 Å². The summed E-state index contributed by atoms with van der Waals surface area (Å²) in [4.78, 5) is 22.1. The summed E-state index contributed by atoms with van der Waals surface area (Å²) in [5.41, 5.74) is 0.529. The summed E-state index contributed by atoms with van der Waals surface area (Å²) in [6, 6.07) is 2.88. The fourth-order valence-electron chi connectivity index (χ4n) is 1.95. The number of esters is 1. The Morgan fingerprint density at radius 1 is 1.32 bits per heavy atom. The Labute approximate surface area is 129 Å². The quantitative estimate of drug-likeness (QED) is 0.416. The SMILES string of the molecule is CCOC(=O)COc1cc([N+](=O)[O-])c(C(C)CC)cc1OC. The zero-order chi connectivity index (χ0) is 16.7. The molecule has 0 fully saturated rings. The number of nitrogens with zero attached hydrogens (tertiary/aromatic N) is 1. The molecule has 1 aromatic rings. The van der Waals surface area contributed by atoms with Crippen LogP contribution in [0.4, 0.5) is 5.69 Å². The lowest BCUT2D eigenvalue weighted by atomic mass is 9.96. The highest BCUT2D eigenvalue weighted by Gasteiger charge is 2.23. The van der Waals surface area contributed by atoms with Gasteiger partial charge >= 0.3 is 5.97 Å². The second-order valence-electron chi connectivity index (χ2n) is 4.72. The molecular formula is C15H21NO6. The zero-order valence-corrected chi connectivity index (χ0v) is 13.3. The van der Waals surface area contributed by atoms with Crippen molar-refractivity contribution < 1.29 is 23.9 Å². The molecule has 0 saturated carbocycles. The largest absolute Gasteiger partial charge is 0.493 e. The van der Waals surface area contributed by atoms with Gasteiger partial charge in [-0.1, -0.05) is 13.8 Å². The van der Waals surface area contributed by atoms with Crippen molar-refractivity contribution in [3.8, 4) is 11.5 Å². The van der Waals surface area contributed by atoms with Gasteiger partial charge in [0.25, 0.3) is 5.69 Å². The van der Waals surface area contributed by atoms with Gasteiger partial charge in [0.15, 0.2) is 18.1 Å². The van der Waals surface area contributed by atoms with Crippen molar-refractivity contribution in [2.45, 2.75) is 33.1 Å². The first-order valence-corrected chi connectivity index (χ1v) is 7.09. The summed E-state index contributed by atoms with van der Waals surface area (Å²) < 4.78 is 15.3. The van der Waals surface area contributed by atoms with Gasteiger partial charge in [-0.05, 0) is 25.3 Å². The van der Waals surface area contributed by atoms with Gasteiger partial charge in [-0.3, -0.25) is 10.1 Å². The molecular weight excluding hydrogens is 290 g/mol. The molecule has 0 radical (unpaired) electrons. The second kappa shape index (κ2) is 8.21. The Morgan fingerprint density at radius 2 is 2.00 bits per heavy atom. The molecule has 22 heavy (non-hydrogen) atoms. The zero-order valence-electron chi connectivity index (χ0n) is 13.3. The van der Waals surface area contributed by atoms with Gasteiger partial charge in [-0.25, -0.2) is 4.79 Å². The Morgan fingerprint density at radius 3 is 2.50 bits per heavy atom. The van der Waals surface area contributed by atoms with Crippen LogP contribution in [0.2, 0.25) is 0 Å². The molecule has 0 heterocycles. The molecule has 0 amide bonds. The van der Waals surface area contributed by atoms with Crippen LogP contribution in [0.25, 0.3) is 0 Å². The highest BCUT2D eigenvalue weighted by Crippen LogP contribution is 2.38. The third kappa shape index (κ3) is 4.34. The molecule has 0 spiro atoms. The molecule has 1 unspecified atom stereocenters. The minimum atomic E-state index is -0.543. The van der Waals surface area contributed by atoms with Gasteiger partial charge in [0.1, 0.15) is 0 Å². The lowest BCUT2D eigenvalue weighted by molar-refractivity contribution is -0.385. The maximum Gasteiger partial charge on any atom is 0.344 e. The number of carbonyl (C=O) groups is 1. The van der Waals surface area contributed by atoms with E-state index in [1.807, 2.05) is 13.8 Å². The fourth-order valence-corrected chi connectivity index (χ4v) is 1.95. The predicted octanol–water partition coefficient (Wildman–Crippen LogP) is 3.06. The lowest BCUT2D eigenvalue weighted by Gasteiger charge is -2.15. The minimum Gasteiger partial charge on any atom is -0.493 e. The third-order valence-electron chi connectivity index (χ3n) is 3.30. The number of rotatable bonds is 8. The molecule has 1 aromatic carbocycles. The van der Waals surface area contributed by atoms with E-state index < -0.39 is 10.9 Å². The van der Waals surface area contributed by atoms with Crippen LogP contribution in [0.1, 0.15) is 38.7 Å². The van der Waals surface area contributed by atoms with Crippen molar-refractivity contribution >= 4 is 11.7 Å². The van der Waals surface area contributed by atoms with Crippen molar-refractivity contribution in [1.29, 1.82) is 0 Å². The average molecular weight is 311 g/mol.